The molecule has 200 valence electrons. The molecule has 0 unspecified atom stereocenters. The van der Waals surface area contributed by atoms with Crippen molar-refractivity contribution in [1.29, 1.82) is 0 Å². The highest BCUT2D eigenvalue weighted by Crippen LogP contribution is 2.31. The Morgan fingerprint density at radius 2 is 1.66 bits per heavy atom. The number of ether oxygens (including phenoxy) is 1. The maximum atomic E-state index is 13.6. The van der Waals surface area contributed by atoms with Gasteiger partial charge in [0.05, 0.1) is 24.1 Å². The van der Waals surface area contributed by atoms with Crippen LogP contribution in [-0.2, 0) is 24.3 Å². The van der Waals surface area contributed by atoms with Gasteiger partial charge in [-0.25, -0.2) is 13.2 Å². The summed E-state index contributed by atoms with van der Waals surface area (Å²) in [6.45, 7) is -0.172. The molecule has 1 fully saturated rings. The quantitative estimate of drug-likeness (QED) is 0.355. The molecule has 0 aliphatic carbocycles. The molecule has 0 bridgehead atoms. The van der Waals surface area contributed by atoms with Crippen LogP contribution >= 0.6 is 12.6 Å². The van der Waals surface area contributed by atoms with Gasteiger partial charge in [-0.05, 0) is 53.6 Å². The molecule has 4 rings (SSSR count). The Morgan fingerprint density at radius 1 is 1.00 bits per heavy atom. The van der Waals surface area contributed by atoms with Gasteiger partial charge in [0.15, 0.2) is 0 Å². The fourth-order valence-electron chi connectivity index (χ4n) is 4.46. The summed E-state index contributed by atoms with van der Waals surface area (Å²) in [5.74, 6) is -1.34. The van der Waals surface area contributed by atoms with E-state index < -0.39 is 27.9 Å². The predicted octanol–water partition coefficient (Wildman–Crippen LogP) is 2.81. The summed E-state index contributed by atoms with van der Waals surface area (Å²) in [5, 5.41) is 1.37. The van der Waals surface area contributed by atoms with Crippen LogP contribution in [0.3, 0.4) is 0 Å². The normalized spacial score (nSPS) is 17.8. The fraction of sp³-hybridized carbons (Fsp3) is 0.296. The number of hydrogen-bond donors (Lipinski definition) is 1. The van der Waals surface area contributed by atoms with E-state index in [4.69, 9.17) is 0 Å². The summed E-state index contributed by atoms with van der Waals surface area (Å²) < 4.78 is 33.0. The highest BCUT2D eigenvalue weighted by Gasteiger charge is 2.44. The minimum absolute atomic E-state index is 0.0862. The molecule has 11 heteroatoms. The van der Waals surface area contributed by atoms with Crippen LogP contribution in [0.25, 0.3) is 10.8 Å². The van der Waals surface area contributed by atoms with Gasteiger partial charge in [-0.15, -0.1) is 0 Å². The number of likely N-dealkylation sites (N-methyl/N-ethyl adjacent to an activating group) is 2. The monoisotopic (exact) mass is 555 g/mol. The third-order valence-corrected chi connectivity index (χ3v) is 8.89. The topological polar surface area (TPSA) is 104 Å². The largest absolute Gasteiger partial charge is 0.465 e. The molecule has 1 aliphatic rings. The Balaban J connectivity index is 1.49. The predicted molar refractivity (Wildman–Crippen MR) is 148 cm³/mol. The van der Waals surface area contributed by atoms with Crippen LogP contribution in [0.1, 0.15) is 16.8 Å². The lowest BCUT2D eigenvalue weighted by molar-refractivity contribution is -0.136. The van der Waals surface area contributed by atoms with Gasteiger partial charge in [0.25, 0.3) is 0 Å². The third kappa shape index (κ3) is 5.54. The highest BCUT2D eigenvalue weighted by atomic mass is 32.2. The van der Waals surface area contributed by atoms with Gasteiger partial charge in [0.1, 0.15) is 6.04 Å². The van der Waals surface area contributed by atoms with E-state index in [1.165, 1.54) is 28.3 Å². The van der Waals surface area contributed by atoms with Crippen LogP contribution in [0.4, 0.5) is 5.69 Å². The smallest absolute Gasteiger partial charge is 0.337 e. The molecular formula is C27H29N3O6S2. The number of rotatable bonds is 7. The third-order valence-electron chi connectivity index (χ3n) is 6.64. The summed E-state index contributed by atoms with van der Waals surface area (Å²) in [6, 6.07) is 17.6. The van der Waals surface area contributed by atoms with Crippen LogP contribution in [0.5, 0.6) is 0 Å². The van der Waals surface area contributed by atoms with Crippen molar-refractivity contribution < 1.29 is 27.5 Å². The number of anilines is 1. The second kappa shape index (κ2) is 11.1. The number of thiol groups is 1. The molecule has 3 aromatic carbocycles. The van der Waals surface area contributed by atoms with E-state index >= 15 is 0 Å². The molecule has 0 spiro atoms. The summed E-state index contributed by atoms with van der Waals surface area (Å²) in [5.41, 5.74) is 0.875. The van der Waals surface area contributed by atoms with Gasteiger partial charge in [-0.1, -0.05) is 30.3 Å². The van der Waals surface area contributed by atoms with Crippen LogP contribution in [0.2, 0.25) is 0 Å². The number of hydrogen-bond acceptors (Lipinski definition) is 7. The number of methoxy groups -OCH3 is 1. The molecule has 1 aliphatic heterocycles. The molecule has 0 aromatic heterocycles. The molecule has 1 saturated heterocycles. The number of carbonyl (C=O) groups excluding carboxylic acids is 3. The maximum absolute atomic E-state index is 13.6. The first kappa shape index (κ1) is 27.6. The molecule has 0 N–H and O–H groups in total. The van der Waals surface area contributed by atoms with Gasteiger partial charge in [0.2, 0.25) is 21.8 Å². The minimum atomic E-state index is -3.99. The number of amides is 2. The summed E-state index contributed by atoms with van der Waals surface area (Å²) in [4.78, 5) is 40.7. The van der Waals surface area contributed by atoms with Gasteiger partial charge >= 0.3 is 5.97 Å². The first-order valence-electron chi connectivity index (χ1n) is 11.9. The Morgan fingerprint density at radius 3 is 2.32 bits per heavy atom. The van der Waals surface area contributed by atoms with Crippen molar-refractivity contribution in [3.8, 4) is 0 Å². The van der Waals surface area contributed by atoms with Crippen molar-refractivity contribution in [3.63, 3.8) is 0 Å². The standard InChI is InChI=1S/C27H29N3O6S2/c1-28(17-25(31)29(2)21-11-8-19(9-12-21)27(33)36-3)26(32)24-15-22(37)16-30(24)38(34,35)23-13-10-18-6-4-5-7-20(18)14-23/h4-14,22,24,37H,15-17H2,1-3H3/t22-,24+/m1/s1. The molecule has 38 heavy (non-hydrogen) atoms. The number of fused-ring (bicyclic) bond motifs is 1. The minimum Gasteiger partial charge on any atom is -0.465 e. The van der Waals surface area contributed by atoms with E-state index in [0.717, 1.165) is 10.8 Å². The van der Waals surface area contributed by atoms with Gasteiger partial charge in [0, 0.05) is 31.6 Å². The second-order valence-electron chi connectivity index (χ2n) is 9.17. The number of esters is 1. The lowest BCUT2D eigenvalue weighted by Crippen LogP contribution is -2.49. The van der Waals surface area contributed by atoms with Crippen molar-refractivity contribution >= 4 is 56.9 Å². The highest BCUT2D eigenvalue weighted by molar-refractivity contribution is 7.89. The van der Waals surface area contributed by atoms with Crippen LogP contribution in [0, 0.1) is 0 Å². The molecule has 0 saturated carbocycles. The number of nitrogens with zero attached hydrogens (tertiary/aromatic N) is 3. The summed E-state index contributed by atoms with van der Waals surface area (Å²) >= 11 is 4.47. The van der Waals surface area contributed by atoms with Gasteiger partial charge in [-0.3, -0.25) is 9.59 Å². The van der Waals surface area contributed by atoms with Crippen LogP contribution in [-0.4, -0.2) is 81.0 Å². The van der Waals surface area contributed by atoms with E-state index in [2.05, 4.69) is 17.4 Å². The average Bonchev–Trinajstić information content (AvgIpc) is 3.33. The lowest BCUT2D eigenvalue weighted by Gasteiger charge is -2.28. The van der Waals surface area contributed by atoms with E-state index in [-0.39, 0.29) is 35.6 Å². The Kier molecular flexibility index (Phi) is 8.10. The Labute approximate surface area is 227 Å². The van der Waals surface area contributed by atoms with E-state index in [1.807, 2.05) is 24.3 Å². The van der Waals surface area contributed by atoms with Crippen molar-refractivity contribution in [2.24, 2.45) is 0 Å². The molecule has 9 nitrogen and oxygen atoms in total. The van der Waals surface area contributed by atoms with Crippen molar-refractivity contribution in [2.45, 2.75) is 22.6 Å². The number of sulfonamides is 1. The van der Waals surface area contributed by atoms with E-state index in [9.17, 15) is 22.8 Å². The SMILES string of the molecule is COC(=O)c1ccc(N(C)C(=O)CN(C)C(=O)[C@@H]2C[C@@H](S)CN2S(=O)(=O)c2ccc3ccccc3c2)cc1. The number of carbonyl (C=O) groups is 3. The second-order valence-corrected chi connectivity index (χ2v) is 11.8. The lowest BCUT2D eigenvalue weighted by atomic mass is 10.1. The summed E-state index contributed by atoms with van der Waals surface area (Å²) in [6.07, 6.45) is 0.234. The zero-order chi connectivity index (χ0) is 27.6. The van der Waals surface area contributed by atoms with Crippen molar-refractivity contribution in [2.75, 3.05) is 39.2 Å². The summed E-state index contributed by atoms with van der Waals surface area (Å²) in [7, 11) is 0.329. The fourth-order valence-corrected chi connectivity index (χ4v) is 6.62. The van der Waals surface area contributed by atoms with Gasteiger partial charge < -0.3 is 14.5 Å². The zero-order valence-electron chi connectivity index (χ0n) is 21.3. The van der Waals surface area contributed by atoms with Crippen molar-refractivity contribution in [3.05, 3.63) is 72.3 Å². The first-order chi connectivity index (χ1) is 18.0. The molecule has 2 amide bonds. The average molecular weight is 556 g/mol. The zero-order valence-corrected chi connectivity index (χ0v) is 23.0. The Bertz CT molecular complexity index is 1480. The molecular weight excluding hydrogens is 526 g/mol. The van der Waals surface area contributed by atoms with Crippen LogP contribution in [0.15, 0.2) is 71.6 Å². The first-order valence-corrected chi connectivity index (χ1v) is 13.9. The Hall–Kier alpha value is -3.41. The number of benzene rings is 3. The molecule has 1 heterocycles. The van der Waals surface area contributed by atoms with Crippen LogP contribution < -0.4 is 4.90 Å². The molecule has 2 atom stereocenters. The molecule has 0 radical (unpaired) electrons. The van der Waals surface area contributed by atoms with Gasteiger partial charge in [-0.2, -0.15) is 16.9 Å². The van der Waals surface area contributed by atoms with E-state index in [0.29, 0.717) is 11.3 Å². The maximum Gasteiger partial charge on any atom is 0.337 e. The van der Waals surface area contributed by atoms with E-state index in [1.54, 1.807) is 49.5 Å². The molecule has 3 aromatic rings. The van der Waals surface area contributed by atoms with Crippen molar-refractivity contribution in [1.82, 2.24) is 9.21 Å².